The molecule has 0 aliphatic heterocycles. The number of anilines is 1. The Morgan fingerprint density at radius 3 is 2.82 bits per heavy atom. The third-order valence-electron chi connectivity index (χ3n) is 4.44. The lowest BCUT2D eigenvalue weighted by Crippen LogP contribution is -2.16. The van der Waals surface area contributed by atoms with Crippen molar-refractivity contribution in [2.24, 2.45) is 0 Å². The van der Waals surface area contributed by atoms with Crippen molar-refractivity contribution in [1.82, 2.24) is 14.4 Å². The molecule has 1 amide bonds. The van der Waals surface area contributed by atoms with Crippen LogP contribution in [0.4, 0.5) is 18.9 Å². The molecule has 0 spiro atoms. The number of nitrogens with one attached hydrogen (secondary N) is 1. The second-order valence-electron chi connectivity index (χ2n) is 6.48. The SMILES string of the molecule is CCOc1cc2nc([C@@H]3C[C@H]3F)cn2cc1NC(=O)c1cccc(C(F)F)n1. The van der Waals surface area contributed by atoms with Gasteiger partial charge in [-0.2, -0.15) is 0 Å². The van der Waals surface area contributed by atoms with Crippen LogP contribution in [0, 0.1) is 0 Å². The molecule has 2 atom stereocenters. The average molecular weight is 390 g/mol. The summed E-state index contributed by atoms with van der Waals surface area (Å²) in [5, 5.41) is 2.64. The fourth-order valence-electron chi connectivity index (χ4n) is 2.94. The van der Waals surface area contributed by atoms with E-state index in [-0.39, 0.29) is 11.6 Å². The van der Waals surface area contributed by atoms with Gasteiger partial charge in [0.05, 0.1) is 12.3 Å². The van der Waals surface area contributed by atoms with Crippen LogP contribution >= 0.6 is 0 Å². The predicted molar refractivity (Wildman–Crippen MR) is 95.8 cm³/mol. The highest BCUT2D eigenvalue weighted by Gasteiger charge is 2.40. The summed E-state index contributed by atoms with van der Waals surface area (Å²) < 4.78 is 46.2. The highest BCUT2D eigenvalue weighted by molar-refractivity contribution is 6.03. The highest BCUT2D eigenvalue weighted by atomic mass is 19.3. The van der Waals surface area contributed by atoms with Crippen LogP contribution in [0.15, 0.2) is 36.7 Å². The molecule has 0 aromatic carbocycles. The quantitative estimate of drug-likeness (QED) is 0.687. The van der Waals surface area contributed by atoms with E-state index in [0.717, 1.165) is 6.07 Å². The normalized spacial score (nSPS) is 18.5. The molecule has 1 aliphatic carbocycles. The van der Waals surface area contributed by atoms with Gasteiger partial charge in [0.2, 0.25) is 0 Å². The van der Waals surface area contributed by atoms with Gasteiger partial charge in [0.1, 0.15) is 34.6 Å². The van der Waals surface area contributed by atoms with Gasteiger partial charge in [0.25, 0.3) is 12.3 Å². The number of carbonyl (C=O) groups excluding carboxylic acids is 1. The summed E-state index contributed by atoms with van der Waals surface area (Å²) in [7, 11) is 0. The monoisotopic (exact) mass is 390 g/mol. The molecule has 1 aliphatic rings. The lowest BCUT2D eigenvalue weighted by atomic mass is 10.2. The molecule has 6 nitrogen and oxygen atoms in total. The maximum Gasteiger partial charge on any atom is 0.280 e. The minimum Gasteiger partial charge on any atom is -0.491 e. The Hall–Kier alpha value is -3.10. The molecule has 1 fully saturated rings. The van der Waals surface area contributed by atoms with Gasteiger partial charge in [-0.15, -0.1) is 0 Å². The fourth-order valence-corrected chi connectivity index (χ4v) is 2.94. The summed E-state index contributed by atoms with van der Waals surface area (Å²) in [6.07, 6.45) is 0.123. The van der Waals surface area contributed by atoms with Crippen LogP contribution in [-0.4, -0.2) is 33.1 Å². The number of ether oxygens (including phenoxy) is 1. The van der Waals surface area contributed by atoms with E-state index in [1.54, 1.807) is 29.8 Å². The number of amides is 1. The van der Waals surface area contributed by atoms with Crippen molar-refractivity contribution in [2.45, 2.75) is 31.9 Å². The maximum atomic E-state index is 13.3. The molecule has 3 aromatic rings. The zero-order chi connectivity index (χ0) is 19.8. The van der Waals surface area contributed by atoms with Crippen molar-refractivity contribution in [2.75, 3.05) is 11.9 Å². The third-order valence-corrected chi connectivity index (χ3v) is 4.44. The van der Waals surface area contributed by atoms with E-state index in [1.807, 2.05) is 0 Å². The Balaban J connectivity index is 1.65. The summed E-state index contributed by atoms with van der Waals surface area (Å²) >= 11 is 0. The van der Waals surface area contributed by atoms with Crippen LogP contribution in [0.1, 0.15) is 47.6 Å². The first kappa shape index (κ1) is 18.3. The Morgan fingerprint density at radius 2 is 2.14 bits per heavy atom. The molecular formula is C19H17F3N4O2. The minimum atomic E-state index is -2.77. The second-order valence-corrected chi connectivity index (χ2v) is 6.48. The standard InChI is InChI=1S/C19H17F3N4O2/c1-2-28-16-7-17-24-14(10-6-11(10)20)8-26(17)9-15(16)25-19(27)13-5-3-4-12(23-13)18(21)22/h3-5,7-11,18H,2,6H2,1H3,(H,25,27)/t10-,11-/m1/s1. The maximum absolute atomic E-state index is 13.3. The summed E-state index contributed by atoms with van der Waals surface area (Å²) in [6, 6.07) is 5.49. The molecule has 4 rings (SSSR count). The van der Waals surface area contributed by atoms with Crippen molar-refractivity contribution in [3.8, 4) is 5.75 Å². The van der Waals surface area contributed by atoms with E-state index in [9.17, 15) is 18.0 Å². The number of pyridine rings is 2. The minimum absolute atomic E-state index is 0.134. The molecule has 1 N–H and O–H groups in total. The molecular weight excluding hydrogens is 373 g/mol. The predicted octanol–water partition coefficient (Wildman–Crippen LogP) is 4.14. The van der Waals surface area contributed by atoms with Crippen LogP contribution in [0.25, 0.3) is 5.65 Å². The van der Waals surface area contributed by atoms with Gasteiger partial charge in [-0.05, 0) is 25.5 Å². The molecule has 3 aromatic heterocycles. The average Bonchev–Trinajstić information content (AvgIpc) is 3.26. The molecule has 0 bridgehead atoms. The van der Waals surface area contributed by atoms with Gasteiger partial charge >= 0.3 is 0 Å². The number of aromatic nitrogens is 3. The number of hydrogen-bond acceptors (Lipinski definition) is 4. The third kappa shape index (κ3) is 3.51. The second kappa shape index (κ2) is 7.14. The molecule has 146 valence electrons. The van der Waals surface area contributed by atoms with Crippen molar-refractivity contribution >= 4 is 17.2 Å². The molecule has 3 heterocycles. The van der Waals surface area contributed by atoms with Gasteiger partial charge in [-0.3, -0.25) is 4.79 Å². The van der Waals surface area contributed by atoms with Crippen molar-refractivity contribution in [1.29, 1.82) is 0 Å². The lowest BCUT2D eigenvalue weighted by molar-refractivity contribution is 0.101. The van der Waals surface area contributed by atoms with Crippen molar-refractivity contribution in [3.05, 3.63) is 53.7 Å². The zero-order valence-electron chi connectivity index (χ0n) is 14.9. The Labute approximate surface area is 158 Å². The van der Waals surface area contributed by atoms with E-state index in [4.69, 9.17) is 4.74 Å². The number of carbonyl (C=O) groups is 1. The fraction of sp³-hybridized carbons (Fsp3) is 0.316. The van der Waals surface area contributed by atoms with E-state index in [0.29, 0.717) is 35.8 Å². The zero-order valence-corrected chi connectivity index (χ0v) is 14.9. The van der Waals surface area contributed by atoms with Crippen LogP contribution in [0.5, 0.6) is 5.75 Å². The van der Waals surface area contributed by atoms with Crippen molar-refractivity contribution < 1.29 is 22.7 Å². The van der Waals surface area contributed by atoms with Crippen LogP contribution in [-0.2, 0) is 0 Å². The van der Waals surface area contributed by atoms with Gasteiger partial charge in [-0.25, -0.2) is 23.1 Å². The van der Waals surface area contributed by atoms with E-state index >= 15 is 0 Å². The van der Waals surface area contributed by atoms with E-state index < -0.39 is 24.2 Å². The molecule has 1 saturated carbocycles. The van der Waals surface area contributed by atoms with Gasteiger partial charge in [0, 0.05) is 24.4 Å². The van der Waals surface area contributed by atoms with Crippen LogP contribution < -0.4 is 10.1 Å². The van der Waals surface area contributed by atoms with Crippen LogP contribution in [0.3, 0.4) is 0 Å². The molecule has 28 heavy (non-hydrogen) atoms. The summed E-state index contributed by atoms with van der Waals surface area (Å²) in [4.78, 5) is 20.6. The van der Waals surface area contributed by atoms with Crippen molar-refractivity contribution in [3.63, 3.8) is 0 Å². The van der Waals surface area contributed by atoms with E-state index in [1.165, 1.54) is 12.1 Å². The summed E-state index contributed by atoms with van der Waals surface area (Å²) in [5.74, 6) is -0.470. The number of fused-ring (bicyclic) bond motifs is 1. The van der Waals surface area contributed by atoms with Gasteiger partial charge in [0.15, 0.2) is 0 Å². The first-order chi connectivity index (χ1) is 13.5. The Morgan fingerprint density at radius 1 is 1.36 bits per heavy atom. The lowest BCUT2D eigenvalue weighted by Gasteiger charge is -2.12. The molecule has 0 radical (unpaired) electrons. The van der Waals surface area contributed by atoms with E-state index in [2.05, 4.69) is 15.3 Å². The summed E-state index contributed by atoms with van der Waals surface area (Å²) in [5.41, 5.74) is 0.931. The number of rotatable bonds is 6. The smallest absolute Gasteiger partial charge is 0.280 e. The highest BCUT2D eigenvalue weighted by Crippen LogP contribution is 2.43. The van der Waals surface area contributed by atoms with Gasteiger partial charge in [-0.1, -0.05) is 6.07 Å². The number of imidazole rings is 1. The Kier molecular flexibility index (Phi) is 4.66. The van der Waals surface area contributed by atoms with Gasteiger partial charge < -0.3 is 14.5 Å². The van der Waals surface area contributed by atoms with Crippen LogP contribution in [0.2, 0.25) is 0 Å². The summed E-state index contributed by atoms with van der Waals surface area (Å²) in [6.45, 7) is 2.14. The first-order valence-corrected chi connectivity index (χ1v) is 8.82. The topological polar surface area (TPSA) is 68.5 Å². The molecule has 9 heteroatoms. The first-order valence-electron chi connectivity index (χ1n) is 8.82. The number of alkyl halides is 3. The number of hydrogen-bond donors (Lipinski definition) is 1. The number of nitrogens with zero attached hydrogens (tertiary/aromatic N) is 3. The Bertz CT molecular complexity index is 1040. The molecule has 0 saturated heterocycles. The largest absolute Gasteiger partial charge is 0.491 e. The molecule has 0 unspecified atom stereocenters. The number of halogens is 3.